The Labute approximate surface area is 175 Å². The lowest BCUT2D eigenvalue weighted by atomic mass is 9.75. The van der Waals surface area contributed by atoms with E-state index in [0.29, 0.717) is 29.1 Å². The molecule has 2 N–H and O–H groups in total. The highest BCUT2D eigenvalue weighted by Crippen LogP contribution is 2.33. The third kappa shape index (κ3) is 4.60. The van der Waals surface area contributed by atoms with Crippen LogP contribution in [-0.2, 0) is 6.42 Å². The number of hydrogen-bond donors (Lipinski definition) is 2. The SMILES string of the molecule is CN(C)C(CNC(=O)c1cc2c([nH]c1=O)CC(C)(C)CC2=O)c1ccccc1Cl. The van der Waals surface area contributed by atoms with Gasteiger partial charge in [-0.15, -0.1) is 0 Å². The van der Waals surface area contributed by atoms with Crippen molar-refractivity contribution in [2.75, 3.05) is 20.6 Å². The number of carbonyl (C=O) groups excluding carboxylic acids is 2. The first-order valence-corrected chi connectivity index (χ1v) is 9.95. The van der Waals surface area contributed by atoms with Crippen LogP contribution in [0.4, 0.5) is 0 Å². The largest absolute Gasteiger partial charge is 0.350 e. The van der Waals surface area contributed by atoms with Crippen molar-refractivity contribution in [2.45, 2.75) is 32.7 Å². The van der Waals surface area contributed by atoms with Gasteiger partial charge in [0.15, 0.2) is 5.78 Å². The van der Waals surface area contributed by atoms with Gasteiger partial charge in [-0.25, -0.2) is 0 Å². The molecule has 29 heavy (non-hydrogen) atoms. The molecule has 0 fully saturated rings. The summed E-state index contributed by atoms with van der Waals surface area (Å²) in [5.74, 6) is -0.561. The molecule has 0 radical (unpaired) electrons. The topological polar surface area (TPSA) is 82.3 Å². The lowest BCUT2D eigenvalue weighted by Crippen LogP contribution is -2.38. The highest BCUT2D eigenvalue weighted by Gasteiger charge is 2.32. The number of aromatic nitrogens is 1. The minimum atomic E-state index is -0.509. The summed E-state index contributed by atoms with van der Waals surface area (Å²) >= 11 is 6.31. The molecule has 1 aliphatic rings. The number of nitrogens with zero attached hydrogens (tertiary/aromatic N) is 1. The molecule has 1 aromatic heterocycles. The van der Waals surface area contributed by atoms with Gasteiger partial charge in [0.25, 0.3) is 11.5 Å². The van der Waals surface area contributed by atoms with E-state index in [1.807, 2.05) is 51.0 Å². The second-order valence-electron chi connectivity index (χ2n) is 8.56. The lowest BCUT2D eigenvalue weighted by molar-refractivity contribution is 0.0910. The minimum Gasteiger partial charge on any atom is -0.350 e. The number of Topliss-reactive ketones (excluding diaryl/α,β-unsaturated/α-hetero) is 1. The van der Waals surface area contributed by atoms with Crippen LogP contribution in [0.5, 0.6) is 0 Å². The van der Waals surface area contributed by atoms with Gasteiger partial charge in [-0.05, 0) is 43.6 Å². The Hall–Kier alpha value is -2.44. The predicted octanol–water partition coefficient (Wildman–Crippen LogP) is 3.22. The van der Waals surface area contributed by atoms with Crippen molar-refractivity contribution in [3.05, 3.63) is 68.1 Å². The molecule has 1 unspecified atom stereocenters. The van der Waals surface area contributed by atoms with Crippen molar-refractivity contribution >= 4 is 23.3 Å². The number of aromatic amines is 1. The molecule has 1 amide bonds. The number of rotatable bonds is 5. The molecule has 6 nitrogen and oxygen atoms in total. The van der Waals surface area contributed by atoms with Crippen LogP contribution in [0.2, 0.25) is 5.02 Å². The second kappa shape index (κ2) is 8.13. The molecule has 1 atom stereocenters. The van der Waals surface area contributed by atoms with E-state index in [1.54, 1.807) is 6.07 Å². The van der Waals surface area contributed by atoms with Crippen molar-refractivity contribution in [2.24, 2.45) is 5.41 Å². The molecule has 7 heteroatoms. The van der Waals surface area contributed by atoms with Gasteiger partial charge in [-0.3, -0.25) is 14.4 Å². The molecule has 154 valence electrons. The molecule has 1 heterocycles. The van der Waals surface area contributed by atoms with E-state index >= 15 is 0 Å². The van der Waals surface area contributed by atoms with Gasteiger partial charge in [-0.2, -0.15) is 0 Å². The molecular weight excluding hydrogens is 390 g/mol. The van der Waals surface area contributed by atoms with E-state index in [0.717, 1.165) is 5.56 Å². The highest BCUT2D eigenvalue weighted by molar-refractivity contribution is 6.31. The first kappa shape index (κ1) is 21.3. The zero-order valence-corrected chi connectivity index (χ0v) is 17.9. The number of pyridine rings is 1. The van der Waals surface area contributed by atoms with Gasteiger partial charge in [0, 0.05) is 29.2 Å². The number of fused-ring (bicyclic) bond motifs is 1. The number of hydrogen-bond acceptors (Lipinski definition) is 4. The monoisotopic (exact) mass is 415 g/mol. The zero-order chi connectivity index (χ0) is 21.3. The Balaban J connectivity index is 1.82. The first-order chi connectivity index (χ1) is 13.6. The maximum atomic E-state index is 12.7. The van der Waals surface area contributed by atoms with Crippen LogP contribution in [0, 0.1) is 5.41 Å². The van der Waals surface area contributed by atoms with Crippen LogP contribution in [0.1, 0.15) is 58.3 Å². The average molecular weight is 416 g/mol. The maximum absolute atomic E-state index is 12.7. The van der Waals surface area contributed by atoms with Crippen molar-refractivity contribution in [3.8, 4) is 0 Å². The van der Waals surface area contributed by atoms with Crippen LogP contribution >= 0.6 is 11.6 Å². The second-order valence-corrected chi connectivity index (χ2v) is 8.96. The Bertz CT molecular complexity index is 1010. The fraction of sp³-hybridized carbons (Fsp3) is 0.409. The van der Waals surface area contributed by atoms with Crippen LogP contribution in [0.25, 0.3) is 0 Å². The molecule has 3 rings (SSSR count). The molecule has 1 aromatic carbocycles. The van der Waals surface area contributed by atoms with Crippen LogP contribution in [-0.4, -0.2) is 42.2 Å². The minimum absolute atomic E-state index is 0.0477. The summed E-state index contributed by atoms with van der Waals surface area (Å²) in [6, 6.07) is 8.72. The van der Waals surface area contributed by atoms with Gasteiger partial charge in [0.1, 0.15) is 5.56 Å². The Morgan fingerprint density at radius 3 is 2.59 bits per heavy atom. The summed E-state index contributed by atoms with van der Waals surface area (Å²) in [6.07, 6.45) is 0.989. The number of nitrogens with one attached hydrogen (secondary N) is 2. The molecular formula is C22H26ClN3O3. The van der Waals surface area contributed by atoms with Crippen molar-refractivity contribution < 1.29 is 9.59 Å². The number of halogens is 1. The van der Waals surface area contributed by atoms with Crippen molar-refractivity contribution in [1.82, 2.24) is 15.2 Å². The summed E-state index contributed by atoms with van der Waals surface area (Å²) in [4.78, 5) is 42.4. The molecule has 0 spiro atoms. The average Bonchev–Trinajstić information content (AvgIpc) is 2.61. The normalized spacial score (nSPS) is 16.4. The summed E-state index contributed by atoms with van der Waals surface area (Å²) in [7, 11) is 3.79. The molecule has 2 aromatic rings. The number of benzene rings is 1. The lowest BCUT2D eigenvalue weighted by Gasteiger charge is -2.29. The smallest absolute Gasteiger partial charge is 0.261 e. The Morgan fingerprint density at radius 1 is 1.24 bits per heavy atom. The van der Waals surface area contributed by atoms with E-state index in [9.17, 15) is 14.4 Å². The predicted molar refractivity (Wildman–Crippen MR) is 114 cm³/mol. The fourth-order valence-electron chi connectivity index (χ4n) is 3.80. The summed E-state index contributed by atoms with van der Waals surface area (Å²) in [6.45, 7) is 4.25. The Morgan fingerprint density at radius 2 is 1.93 bits per heavy atom. The number of likely N-dealkylation sites (N-methyl/N-ethyl adjacent to an activating group) is 1. The summed E-state index contributed by atoms with van der Waals surface area (Å²) < 4.78 is 0. The molecule has 0 bridgehead atoms. The quantitative estimate of drug-likeness (QED) is 0.785. The van der Waals surface area contributed by atoms with E-state index in [4.69, 9.17) is 11.6 Å². The van der Waals surface area contributed by atoms with E-state index in [2.05, 4.69) is 10.3 Å². The van der Waals surface area contributed by atoms with Crippen molar-refractivity contribution in [3.63, 3.8) is 0 Å². The summed E-state index contributed by atoms with van der Waals surface area (Å²) in [5, 5.41) is 3.43. The maximum Gasteiger partial charge on any atom is 0.261 e. The molecule has 0 saturated heterocycles. The zero-order valence-electron chi connectivity index (χ0n) is 17.1. The molecule has 0 aliphatic heterocycles. The van der Waals surface area contributed by atoms with Gasteiger partial charge in [0.05, 0.1) is 6.04 Å². The fourth-order valence-corrected chi connectivity index (χ4v) is 4.06. The van der Waals surface area contributed by atoms with Gasteiger partial charge >= 0.3 is 0 Å². The van der Waals surface area contributed by atoms with E-state index in [-0.39, 0.29) is 29.3 Å². The standard InChI is InChI=1S/C22H26ClN3O3/c1-22(2)10-17-14(19(27)11-22)9-15(21(29)25-17)20(28)24-12-18(26(3)4)13-7-5-6-8-16(13)23/h5-9,18H,10-12H2,1-4H3,(H,24,28)(H,25,29). The first-order valence-electron chi connectivity index (χ1n) is 9.57. The third-order valence-electron chi connectivity index (χ3n) is 5.31. The number of amides is 1. The van der Waals surface area contributed by atoms with Gasteiger partial charge < -0.3 is 15.2 Å². The number of ketones is 1. The third-order valence-corrected chi connectivity index (χ3v) is 5.65. The van der Waals surface area contributed by atoms with Crippen LogP contribution in [0.15, 0.2) is 35.1 Å². The number of carbonyl (C=O) groups is 2. The van der Waals surface area contributed by atoms with E-state index < -0.39 is 11.5 Å². The van der Waals surface area contributed by atoms with Crippen molar-refractivity contribution in [1.29, 1.82) is 0 Å². The molecule has 0 saturated carbocycles. The van der Waals surface area contributed by atoms with Crippen LogP contribution < -0.4 is 10.9 Å². The molecule has 1 aliphatic carbocycles. The number of H-pyrrole nitrogens is 1. The van der Waals surface area contributed by atoms with Crippen LogP contribution in [0.3, 0.4) is 0 Å². The van der Waals surface area contributed by atoms with Gasteiger partial charge in [-0.1, -0.05) is 43.6 Å². The highest BCUT2D eigenvalue weighted by atomic mass is 35.5. The Kier molecular flexibility index (Phi) is 5.96. The summed E-state index contributed by atoms with van der Waals surface area (Å²) in [5.41, 5.74) is 1.19. The van der Waals surface area contributed by atoms with E-state index in [1.165, 1.54) is 6.07 Å². The van der Waals surface area contributed by atoms with Gasteiger partial charge in [0.2, 0.25) is 0 Å².